The van der Waals surface area contributed by atoms with Gasteiger partial charge in [0.05, 0.1) is 25.9 Å². The molecule has 2 aromatic rings. The number of aryl methyl sites for hydroxylation is 1. The summed E-state index contributed by atoms with van der Waals surface area (Å²) in [7, 11) is 1.93. The minimum atomic E-state index is 0.0166. The predicted octanol–water partition coefficient (Wildman–Crippen LogP) is 2.34. The first-order chi connectivity index (χ1) is 14.7. The van der Waals surface area contributed by atoms with E-state index in [1.807, 2.05) is 30.3 Å². The molecule has 0 bridgehead atoms. The van der Waals surface area contributed by atoms with E-state index in [0.717, 1.165) is 50.1 Å². The van der Waals surface area contributed by atoms with E-state index < -0.39 is 0 Å². The van der Waals surface area contributed by atoms with Crippen molar-refractivity contribution in [1.29, 1.82) is 0 Å². The quantitative estimate of drug-likeness (QED) is 0.602. The van der Waals surface area contributed by atoms with Crippen molar-refractivity contribution in [2.45, 2.75) is 38.8 Å². The van der Waals surface area contributed by atoms with Crippen LogP contribution in [0.4, 0.5) is 5.82 Å². The Kier molecular flexibility index (Phi) is 6.84. The Morgan fingerprint density at radius 1 is 1.27 bits per heavy atom. The number of ether oxygens (including phenoxy) is 1. The Morgan fingerprint density at radius 2 is 2.13 bits per heavy atom. The zero-order valence-electron chi connectivity index (χ0n) is 18.1. The Balaban J connectivity index is 1.44. The van der Waals surface area contributed by atoms with E-state index in [1.54, 1.807) is 0 Å². The highest BCUT2D eigenvalue weighted by atomic mass is 16.5. The van der Waals surface area contributed by atoms with Gasteiger partial charge in [0.1, 0.15) is 11.9 Å². The molecule has 0 amide bonds. The first kappa shape index (κ1) is 20.7. The van der Waals surface area contributed by atoms with Crippen molar-refractivity contribution < 1.29 is 4.74 Å². The zero-order chi connectivity index (χ0) is 20.8. The molecule has 8 nitrogen and oxygen atoms in total. The van der Waals surface area contributed by atoms with Crippen molar-refractivity contribution in [2.75, 3.05) is 44.2 Å². The highest BCUT2D eigenvalue weighted by Crippen LogP contribution is 2.22. The van der Waals surface area contributed by atoms with E-state index in [2.05, 4.69) is 44.3 Å². The van der Waals surface area contributed by atoms with Gasteiger partial charge in [-0.15, -0.1) is 0 Å². The lowest BCUT2D eigenvalue weighted by atomic mass is 10.1. The van der Waals surface area contributed by atoms with Crippen molar-refractivity contribution in [2.24, 2.45) is 12.0 Å². The van der Waals surface area contributed by atoms with Crippen LogP contribution in [0.25, 0.3) is 0 Å². The summed E-state index contributed by atoms with van der Waals surface area (Å²) >= 11 is 0. The lowest BCUT2D eigenvalue weighted by molar-refractivity contribution is -0.00805. The third-order valence-electron chi connectivity index (χ3n) is 5.70. The molecule has 162 valence electrons. The van der Waals surface area contributed by atoms with Crippen molar-refractivity contribution in [3.8, 4) is 0 Å². The third kappa shape index (κ3) is 5.11. The summed E-state index contributed by atoms with van der Waals surface area (Å²) in [5, 5.41) is 7.73. The number of aromatic nitrogens is 3. The van der Waals surface area contributed by atoms with Crippen LogP contribution in [0.2, 0.25) is 0 Å². The fourth-order valence-electron chi connectivity index (χ4n) is 4.10. The van der Waals surface area contributed by atoms with Crippen LogP contribution >= 0.6 is 0 Å². The SMILES string of the molecule is CCNC(=NCc1ccnc(N2CCCCC2)c1)N1CCOC(c2cnn(C)c2)C1. The molecule has 1 atom stereocenters. The summed E-state index contributed by atoms with van der Waals surface area (Å²) < 4.78 is 7.81. The van der Waals surface area contributed by atoms with Gasteiger partial charge in [-0.1, -0.05) is 0 Å². The van der Waals surface area contributed by atoms with Crippen LogP contribution < -0.4 is 10.2 Å². The molecule has 0 radical (unpaired) electrons. The number of morpholine rings is 1. The molecule has 1 unspecified atom stereocenters. The summed E-state index contributed by atoms with van der Waals surface area (Å²) in [4.78, 5) is 14.2. The fraction of sp³-hybridized carbons (Fsp3) is 0.591. The van der Waals surface area contributed by atoms with Gasteiger partial charge in [-0.2, -0.15) is 5.10 Å². The van der Waals surface area contributed by atoms with Crippen LogP contribution in [0.15, 0.2) is 35.7 Å². The standard InChI is InChI=1S/C22H33N7O/c1-3-23-22(29-11-12-30-20(17-29)19-15-26-27(2)16-19)25-14-18-7-8-24-21(13-18)28-9-5-4-6-10-28/h7-8,13,15-16,20H,3-6,9-12,14,17H2,1-2H3,(H,23,25). The third-order valence-corrected chi connectivity index (χ3v) is 5.70. The van der Waals surface area contributed by atoms with Crippen LogP contribution in [0.1, 0.15) is 43.4 Å². The Hall–Kier alpha value is -2.61. The smallest absolute Gasteiger partial charge is 0.194 e. The number of aliphatic imine (C=N–C) groups is 1. The van der Waals surface area contributed by atoms with E-state index in [-0.39, 0.29) is 6.10 Å². The number of anilines is 1. The lowest BCUT2D eigenvalue weighted by Crippen LogP contribution is -2.48. The molecule has 2 aromatic heterocycles. The van der Waals surface area contributed by atoms with Crippen molar-refractivity contribution >= 4 is 11.8 Å². The minimum Gasteiger partial charge on any atom is -0.370 e. The fourth-order valence-corrected chi connectivity index (χ4v) is 4.10. The van der Waals surface area contributed by atoms with Gasteiger partial charge in [-0.05, 0) is 43.9 Å². The molecule has 0 spiro atoms. The average Bonchev–Trinajstić information content (AvgIpc) is 3.24. The van der Waals surface area contributed by atoms with Gasteiger partial charge < -0.3 is 19.9 Å². The number of nitrogens with zero attached hydrogens (tertiary/aromatic N) is 6. The molecule has 8 heteroatoms. The predicted molar refractivity (Wildman–Crippen MR) is 119 cm³/mol. The second-order valence-electron chi connectivity index (χ2n) is 7.99. The van der Waals surface area contributed by atoms with Gasteiger partial charge in [0.25, 0.3) is 0 Å². The van der Waals surface area contributed by atoms with E-state index >= 15 is 0 Å². The maximum atomic E-state index is 5.99. The summed E-state index contributed by atoms with van der Waals surface area (Å²) in [6.07, 6.45) is 9.67. The second-order valence-corrected chi connectivity index (χ2v) is 7.99. The van der Waals surface area contributed by atoms with E-state index in [4.69, 9.17) is 9.73 Å². The Bertz CT molecular complexity index is 844. The molecule has 0 aromatic carbocycles. The molecule has 2 fully saturated rings. The molecule has 30 heavy (non-hydrogen) atoms. The maximum Gasteiger partial charge on any atom is 0.194 e. The number of hydrogen-bond acceptors (Lipinski definition) is 5. The summed E-state index contributed by atoms with van der Waals surface area (Å²) in [6, 6.07) is 4.26. The van der Waals surface area contributed by atoms with Gasteiger partial charge in [-0.25, -0.2) is 9.98 Å². The van der Waals surface area contributed by atoms with E-state index in [1.165, 1.54) is 24.8 Å². The van der Waals surface area contributed by atoms with Crippen LogP contribution in [-0.4, -0.2) is 65.0 Å². The minimum absolute atomic E-state index is 0.0166. The van der Waals surface area contributed by atoms with E-state index in [9.17, 15) is 0 Å². The topological polar surface area (TPSA) is 70.8 Å². The van der Waals surface area contributed by atoms with Gasteiger partial charge in [-0.3, -0.25) is 4.68 Å². The van der Waals surface area contributed by atoms with Gasteiger partial charge in [0.2, 0.25) is 0 Å². The molecule has 4 heterocycles. The number of pyridine rings is 1. The molecule has 0 saturated carbocycles. The van der Waals surface area contributed by atoms with Crippen LogP contribution in [-0.2, 0) is 18.3 Å². The van der Waals surface area contributed by atoms with Gasteiger partial charge in [0.15, 0.2) is 5.96 Å². The average molecular weight is 412 g/mol. The number of hydrogen-bond donors (Lipinski definition) is 1. The molecule has 2 aliphatic rings. The highest BCUT2D eigenvalue weighted by molar-refractivity contribution is 5.80. The van der Waals surface area contributed by atoms with Gasteiger partial charge >= 0.3 is 0 Å². The van der Waals surface area contributed by atoms with Crippen LogP contribution in [0.5, 0.6) is 0 Å². The molecular formula is C22H33N7O. The van der Waals surface area contributed by atoms with Crippen molar-refractivity contribution in [3.63, 3.8) is 0 Å². The van der Waals surface area contributed by atoms with Gasteiger partial charge in [0, 0.05) is 51.2 Å². The van der Waals surface area contributed by atoms with Crippen LogP contribution in [0, 0.1) is 0 Å². The zero-order valence-corrected chi connectivity index (χ0v) is 18.1. The molecule has 2 aliphatic heterocycles. The number of piperidine rings is 1. The molecule has 4 rings (SSSR count). The monoisotopic (exact) mass is 411 g/mol. The lowest BCUT2D eigenvalue weighted by Gasteiger charge is -2.34. The summed E-state index contributed by atoms with van der Waals surface area (Å²) in [6.45, 7) is 8.07. The summed E-state index contributed by atoms with van der Waals surface area (Å²) in [5.41, 5.74) is 2.30. The highest BCUT2D eigenvalue weighted by Gasteiger charge is 2.25. The molecule has 0 aliphatic carbocycles. The summed E-state index contributed by atoms with van der Waals surface area (Å²) in [5.74, 6) is 2.02. The first-order valence-electron chi connectivity index (χ1n) is 11.1. The normalized spacial score (nSPS) is 20.5. The van der Waals surface area contributed by atoms with Crippen LogP contribution in [0.3, 0.4) is 0 Å². The number of nitrogens with one attached hydrogen (secondary N) is 1. The number of guanidine groups is 1. The largest absolute Gasteiger partial charge is 0.370 e. The first-order valence-corrected chi connectivity index (χ1v) is 11.1. The van der Waals surface area contributed by atoms with Crippen molar-refractivity contribution in [1.82, 2.24) is 25.0 Å². The molecule has 2 saturated heterocycles. The van der Waals surface area contributed by atoms with E-state index in [0.29, 0.717) is 13.2 Å². The molecular weight excluding hydrogens is 378 g/mol. The van der Waals surface area contributed by atoms with Crippen molar-refractivity contribution in [3.05, 3.63) is 41.9 Å². The Labute approximate surface area is 178 Å². The second kappa shape index (κ2) is 9.93. The maximum absolute atomic E-state index is 5.99. The Morgan fingerprint density at radius 3 is 2.90 bits per heavy atom. The molecule has 1 N–H and O–H groups in total. The number of rotatable bonds is 5.